The zero-order valence-corrected chi connectivity index (χ0v) is 10.1. The molecule has 0 amide bonds. The van der Waals surface area contributed by atoms with Crippen LogP contribution in [0.3, 0.4) is 0 Å². The summed E-state index contributed by atoms with van der Waals surface area (Å²) in [5.74, 6) is 0. The van der Waals surface area contributed by atoms with Crippen molar-refractivity contribution in [3.8, 4) is 0 Å². The lowest BCUT2D eigenvalue weighted by atomic mass is 9.97. The minimum absolute atomic E-state index is 0.236. The summed E-state index contributed by atoms with van der Waals surface area (Å²) in [5.41, 5.74) is 0.705. The van der Waals surface area contributed by atoms with E-state index in [1.54, 1.807) is 11.3 Å². The van der Waals surface area contributed by atoms with E-state index in [-0.39, 0.29) is 12.1 Å². The number of nitrogens with zero attached hydrogens (tertiary/aromatic N) is 1. The first-order chi connectivity index (χ1) is 6.53. The third kappa shape index (κ3) is 2.18. The normalized spacial score (nSPS) is 15.4. The molecule has 0 aliphatic rings. The zero-order valence-electron chi connectivity index (χ0n) is 9.26. The molecule has 0 fully saturated rings. The molecule has 4 heteroatoms. The van der Waals surface area contributed by atoms with E-state index in [9.17, 15) is 0 Å². The average Bonchev–Trinajstić information content (AvgIpc) is 2.46. The Kier molecular flexibility index (Phi) is 3.73. The number of aryl methyl sites for hydroxylation is 2. The molecule has 1 unspecified atom stereocenters. The molecule has 1 heterocycles. The summed E-state index contributed by atoms with van der Waals surface area (Å²) in [6.07, 6.45) is 0.883. The lowest BCUT2D eigenvalue weighted by Gasteiger charge is -2.27. The number of ether oxygens (including phenoxy) is 1. The van der Waals surface area contributed by atoms with Crippen LogP contribution in [0.5, 0.6) is 0 Å². The van der Waals surface area contributed by atoms with Gasteiger partial charge in [0.1, 0.15) is 13.4 Å². The highest BCUT2D eigenvalue weighted by Gasteiger charge is 2.29. The molecule has 2 nitrogen and oxygen atoms in total. The van der Waals surface area contributed by atoms with Crippen LogP contribution in [0.15, 0.2) is 0 Å². The fraction of sp³-hybridized carbons (Fsp3) is 0.700. The number of thiazole rings is 1. The van der Waals surface area contributed by atoms with Crippen molar-refractivity contribution in [3.05, 3.63) is 15.6 Å². The summed E-state index contributed by atoms with van der Waals surface area (Å²) in [6, 6.07) is 0. The van der Waals surface area contributed by atoms with Gasteiger partial charge in [-0.15, -0.1) is 11.3 Å². The predicted molar refractivity (Wildman–Crippen MR) is 60.9 cm³/mol. The Labute approximate surface area is 91.1 Å². The molecule has 76 valence electrons. The van der Waals surface area contributed by atoms with E-state index < -0.39 is 0 Å². The largest absolute Gasteiger partial charge is 0.379 e. The molecule has 0 saturated carbocycles. The summed E-state index contributed by atoms with van der Waals surface area (Å²) in [4.78, 5) is 5.73. The van der Waals surface area contributed by atoms with Gasteiger partial charge in [0.05, 0.1) is 10.7 Å². The Morgan fingerprint density at radius 2 is 2.14 bits per heavy atom. The fourth-order valence-corrected chi connectivity index (χ4v) is 2.48. The van der Waals surface area contributed by atoms with Crippen LogP contribution in [0, 0.1) is 13.8 Å². The van der Waals surface area contributed by atoms with Crippen LogP contribution in [0.4, 0.5) is 0 Å². The zero-order chi connectivity index (χ0) is 10.8. The van der Waals surface area contributed by atoms with Crippen molar-refractivity contribution < 1.29 is 4.74 Å². The van der Waals surface area contributed by atoms with E-state index in [1.165, 1.54) is 4.88 Å². The van der Waals surface area contributed by atoms with E-state index in [1.807, 2.05) is 13.8 Å². The van der Waals surface area contributed by atoms with Gasteiger partial charge in [-0.2, -0.15) is 0 Å². The van der Waals surface area contributed by atoms with Crippen LogP contribution >= 0.6 is 11.3 Å². The molecular formula is C10H16BNOS. The molecule has 0 spiro atoms. The van der Waals surface area contributed by atoms with Gasteiger partial charge >= 0.3 is 0 Å². The molecule has 0 aromatic carbocycles. The minimum atomic E-state index is -0.330. The highest BCUT2D eigenvalue weighted by atomic mass is 32.1. The molecule has 0 saturated heterocycles. The second kappa shape index (κ2) is 4.45. The first kappa shape index (κ1) is 11.7. The predicted octanol–water partition coefficient (Wildman–Crippen LogP) is 2.53. The van der Waals surface area contributed by atoms with Crippen molar-refractivity contribution in [3.63, 3.8) is 0 Å². The first-order valence-corrected chi connectivity index (χ1v) is 5.63. The van der Waals surface area contributed by atoms with E-state index >= 15 is 0 Å². The number of hydrogen-bond acceptors (Lipinski definition) is 3. The van der Waals surface area contributed by atoms with Gasteiger partial charge in [-0.05, 0) is 27.2 Å². The Morgan fingerprint density at radius 3 is 2.50 bits per heavy atom. The molecule has 0 N–H and O–H groups in total. The minimum Gasteiger partial charge on any atom is -0.379 e. The van der Waals surface area contributed by atoms with Gasteiger partial charge < -0.3 is 4.74 Å². The van der Waals surface area contributed by atoms with E-state index in [2.05, 4.69) is 18.8 Å². The van der Waals surface area contributed by atoms with E-state index in [4.69, 9.17) is 12.6 Å². The van der Waals surface area contributed by atoms with Crippen molar-refractivity contribution in [2.75, 3.05) is 6.51 Å². The van der Waals surface area contributed by atoms with Gasteiger partial charge in [-0.25, -0.2) is 4.98 Å². The van der Waals surface area contributed by atoms with Gasteiger partial charge in [-0.3, -0.25) is 0 Å². The lowest BCUT2D eigenvalue weighted by Crippen LogP contribution is -2.27. The molecule has 0 aliphatic heterocycles. The third-order valence-electron chi connectivity index (χ3n) is 2.48. The summed E-state index contributed by atoms with van der Waals surface area (Å²) in [6.45, 7) is 8.46. The van der Waals surface area contributed by atoms with Crippen LogP contribution < -0.4 is 0 Å². The SMILES string of the molecule is [B]COC(C)(CC)c1nc(C)sc1C. The van der Waals surface area contributed by atoms with Crippen LogP contribution in [0.2, 0.25) is 0 Å². The van der Waals surface area contributed by atoms with Gasteiger partial charge in [0.2, 0.25) is 0 Å². The average molecular weight is 209 g/mol. The number of aromatic nitrogens is 1. The molecule has 0 bridgehead atoms. The highest BCUT2D eigenvalue weighted by Crippen LogP contribution is 2.32. The maximum Gasteiger partial charge on any atom is 0.107 e. The molecule has 14 heavy (non-hydrogen) atoms. The second-order valence-corrected chi connectivity index (χ2v) is 4.94. The van der Waals surface area contributed by atoms with Gasteiger partial charge in [-0.1, -0.05) is 6.92 Å². The van der Waals surface area contributed by atoms with Crippen molar-refractivity contribution >= 4 is 19.2 Å². The Hall–Kier alpha value is -0.345. The van der Waals surface area contributed by atoms with Gasteiger partial charge in [0.25, 0.3) is 0 Å². The monoisotopic (exact) mass is 209 g/mol. The van der Waals surface area contributed by atoms with Crippen molar-refractivity contribution in [1.29, 1.82) is 0 Å². The smallest absolute Gasteiger partial charge is 0.107 e. The topological polar surface area (TPSA) is 22.1 Å². The summed E-state index contributed by atoms with van der Waals surface area (Å²) in [7, 11) is 5.44. The van der Waals surface area contributed by atoms with Crippen LogP contribution in [-0.4, -0.2) is 19.3 Å². The molecule has 1 rings (SSSR count). The summed E-state index contributed by atoms with van der Waals surface area (Å²) < 4.78 is 5.58. The molecule has 2 radical (unpaired) electrons. The summed E-state index contributed by atoms with van der Waals surface area (Å²) >= 11 is 1.71. The van der Waals surface area contributed by atoms with E-state index in [0.717, 1.165) is 17.1 Å². The third-order valence-corrected chi connectivity index (χ3v) is 3.37. The van der Waals surface area contributed by atoms with Crippen molar-refractivity contribution in [2.24, 2.45) is 0 Å². The molecular weight excluding hydrogens is 193 g/mol. The van der Waals surface area contributed by atoms with E-state index in [0.29, 0.717) is 0 Å². The molecule has 1 aromatic rings. The Morgan fingerprint density at radius 1 is 1.50 bits per heavy atom. The molecule has 1 aromatic heterocycles. The van der Waals surface area contributed by atoms with Gasteiger partial charge in [0, 0.05) is 11.4 Å². The standard InChI is InChI=1S/C10H16BNOS/c1-5-10(4,13-6-11)9-7(2)14-8(3)12-9/h5-6H2,1-4H3. The number of hydrogen-bond donors (Lipinski definition) is 0. The lowest BCUT2D eigenvalue weighted by molar-refractivity contribution is -0.0174. The fourth-order valence-electron chi connectivity index (χ4n) is 1.54. The van der Waals surface area contributed by atoms with Crippen LogP contribution in [0.25, 0.3) is 0 Å². The quantitative estimate of drug-likeness (QED) is 0.711. The highest BCUT2D eigenvalue weighted by molar-refractivity contribution is 7.11. The molecule has 1 atom stereocenters. The second-order valence-electron chi connectivity index (χ2n) is 3.53. The maximum atomic E-state index is 5.58. The summed E-state index contributed by atoms with van der Waals surface area (Å²) in [5, 5.41) is 1.08. The van der Waals surface area contributed by atoms with Crippen LogP contribution in [-0.2, 0) is 10.3 Å². The van der Waals surface area contributed by atoms with Crippen molar-refractivity contribution in [1.82, 2.24) is 4.98 Å². The molecule has 0 aliphatic carbocycles. The maximum absolute atomic E-state index is 5.58. The van der Waals surface area contributed by atoms with Gasteiger partial charge in [0.15, 0.2) is 0 Å². The number of rotatable bonds is 4. The Bertz CT molecular complexity index is 313. The van der Waals surface area contributed by atoms with Crippen molar-refractivity contribution in [2.45, 2.75) is 39.7 Å². The Balaban J connectivity index is 3.04. The first-order valence-electron chi connectivity index (χ1n) is 4.82. The van der Waals surface area contributed by atoms with Crippen LogP contribution in [0.1, 0.15) is 35.8 Å².